The van der Waals surface area contributed by atoms with Gasteiger partial charge in [0, 0.05) is 18.6 Å². The van der Waals surface area contributed by atoms with Gasteiger partial charge in [0.05, 0.1) is 12.2 Å². The Hall–Kier alpha value is -0.203. The Morgan fingerprint density at radius 1 is 1.12 bits per heavy atom. The van der Waals surface area contributed by atoms with Crippen LogP contribution in [0.15, 0.2) is 12.2 Å². The maximum Gasteiger partial charge on any atom is 0.192 e. The van der Waals surface area contributed by atoms with Crippen LogP contribution in [0.4, 0.5) is 0 Å². The van der Waals surface area contributed by atoms with E-state index in [1.54, 1.807) is 0 Å². The first kappa shape index (κ1) is 23.8. The zero-order chi connectivity index (χ0) is 20.3. The van der Waals surface area contributed by atoms with Crippen molar-refractivity contribution in [3.63, 3.8) is 0 Å². The van der Waals surface area contributed by atoms with Gasteiger partial charge in [-0.05, 0) is 51.2 Å². The zero-order valence-electron chi connectivity index (χ0n) is 18.6. The van der Waals surface area contributed by atoms with Gasteiger partial charge in [-0.1, -0.05) is 46.8 Å². The molecule has 4 nitrogen and oxygen atoms in total. The van der Waals surface area contributed by atoms with Gasteiger partial charge in [-0.2, -0.15) is 0 Å². The summed E-state index contributed by atoms with van der Waals surface area (Å²) in [5, 5.41) is 9.51. The molecule has 2 unspecified atom stereocenters. The molecule has 1 aliphatic heterocycles. The van der Waals surface area contributed by atoms with Crippen molar-refractivity contribution >= 4 is 8.32 Å². The fourth-order valence-corrected chi connectivity index (χ4v) is 4.52. The van der Waals surface area contributed by atoms with Crippen molar-refractivity contribution in [1.82, 2.24) is 0 Å². The van der Waals surface area contributed by atoms with Gasteiger partial charge in [-0.15, -0.1) is 0 Å². The molecule has 5 atom stereocenters. The summed E-state index contributed by atoms with van der Waals surface area (Å²) in [6, 6.07) is 0. The van der Waals surface area contributed by atoms with E-state index >= 15 is 0 Å². The van der Waals surface area contributed by atoms with Crippen LogP contribution in [0.5, 0.6) is 0 Å². The number of hydrogen-bond acceptors (Lipinski definition) is 4. The van der Waals surface area contributed by atoms with Crippen LogP contribution in [0.3, 0.4) is 0 Å². The smallest absolute Gasteiger partial charge is 0.192 e. The van der Waals surface area contributed by atoms with Crippen LogP contribution >= 0.6 is 0 Å². The van der Waals surface area contributed by atoms with Gasteiger partial charge < -0.3 is 19.0 Å². The van der Waals surface area contributed by atoms with E-state index in [2.05, 4.69) is 66.8 Å². The van der Waals surface area contributed by atoms with Gasteiger partial charge in [0.1, 0.15) is 0 Å². The Balaban J connectivity index is 2.70. The lowest BCUT2D eigenvalue weighted by Gasteiger charge is -2.39. The summed E-state index contributed by atoms with van der Waals surface area (Å²) in [5.74, 6) is -0.0363. The first-order valence-corrected chi connectivity index (χ1v) is 12.9. The predicted molar refractivity (Wildman–Crippen MR) is 111 cm³/mol. The van der Waals surface area contributed by atoms with Crippen LogP contribution in [0.25, 0.3) is 0 Å². The quantitative estimate of drug-likeness (QED) is 0.464. The highest BCUT2D eigenvalue weighted by molar-refractivity contribution is 6.74. The average Bonchev–Trinajstić information content (AvgIpc) is 2.78. The Labute approximate surface area is 162 Å². The molecule has 1 rings (SSSR count). The minimum atomic E-state index is -1.76. The van der Waals surface area contributed by atoms with Crippen LogP contribution in [-0.4, -0.2) is 44.1 Å². The third-order valence-corrected chi connectivity index (χ3v) is 10.5. The molecule has 0 aromatic carbocycles. The highest BCUT2D eigenvalue weighted by Crippen LogP contribution is 2.38. The van der Waals surface area contributed by atoms with E-state index < -0.39 is 14.1 Å². The van der Waals surface area contributed by atoms with E-state index in [9.17, 15) is 5.11 Å². The van der Waals surface area contributed by atoms with Gasteiger partial charge in [0.15, 0.2) is 14.1 Å². The van der Waals surface area contributed by atoms with Crippen molar-refractivity contribution in [1.29, 1.82) is 0 Å². The molecule has 0 saturated carbocycles. The molecule has 0 bridgehead atoms. The highest BCUT2D eigenvalue weighted by atomic mass is 28.4. The molecule has 1 heterocycles. The molecule has 1 saturated heterocycles. The van der Waals surface area contributed by atoms with E-state index in [0.717, 1.165) is 0 Å². The SMILES string of the molecule is CC(/C=C\[C@@H](C)[C@H](C)O[Si](C)(C)C(C)(C)C)C1OC(C)(C)O[C@H]1CCO. The lowest BCUT2D eigenvalue weighted by Crippen LogP contribution is -2.44. The van der Waals surface area contributed by atoms with Crippen molar-refractivity contribution in [3.05, 3.63) is 12.2 Å². The monoisotopic (exact) mass is 386 g/mol. The molecule has 1 N–H and O–H groups in total. The van der Waals surface area contributed by atoms with Crippen LogP contribution < -0.4 is 0 Å². The summed E-state index contributed by atoms with van der Waals surface area (Å²) >= 11 is 0. The number of aliphatic hydroxyl groups excluding tert-OH is 1. The number of ether oxygens (including phenoxy) is 2. The summed E-state index contributed by atoms with van der Waals surface area (Å²) in [4.78, 5) is 0. The van der Waals surface area contributed by atoms with Crippen molar-refractivity contribution in [2.24, 2.45) is 11.8 Å². The summed E-state index contributed by atoms with van der Waals surface area (Å²) in [6.07, 6.45) is 5.16. The highest BCUT2D eigenvalue weighted by Gasteiger charge is 2.43. The lowest BCUT2D eigenvalue weighted by atomic mass is 9.95. The van der Waals surface area contributed by atoms with Crippen LogP contribution in [0, 0.1) is 11.8 Å². The molecule has 0 radical (unpaired) electrons. The van der Waals surface area contributed by atoms with Crippen LogP contribution in [0.2, 0.25) is 18.1 Å². The third kappa shape index (κ3) is 6.45. The Kier molecular flexibility index (Phi) is 8.13. The Bertz CT molecular complexity index is 467. The fourth-order valence-electron chi connectivity index (χ4n) is 3.02. The van der Waals surface area contributed by atoms with Gasteiger partial charge in [0.2, 0.25) is 0 Å². The minimum Gasteiger partial charge on any atom is -0.414 e. The first-order valence-electron chi connectivity index (χ1n) is 10.0. The van der Waals surface area contributed by atoms with Gasteiger partial charge in [-0.3, -0.25) is 0 Å². The van der Waals surface area contributed by atoms with E-state index in [1.165, 1.54) is 0 Å². The summed E-state index contributed by atoms with van der Waals surface area (Å²) in [6.45, 7) is 21.9. The molecule has 154 valence electrons. The largest absolute Gasteiger partial charge is 0.414 e. The topological polar surface area (TPSA) is 47.9 Å². The summed E-state index contributed by atoms with van der Waals surface area (Å²) in [7, 11) is -1.76. The van der Waals surface area contributed by atoms with Crippen molar-refractivity contribution in [2.75, 3.05) is 6.61 Å². The second-order valence-electron chi connectivity index (χ2n) is 9.84. The first-order chi connectivity index (χ1) is 11.7. The van der Waals surface area contributed by atoms with E-state index in [1.807, 2.05) is 13.8 Å². The lowest BCUT2D eigenvalue weighted by molar-refractivity contribution is -0.149. The second kappa shape index (κ2) is 8.87. The molecule has 26 heavy (non-hydrogen) atoms. The maximum absolute atomic E-state index is 9.29. The Morgan fingerprint density at radius 3 is 2.19 bits per heavy atom. The summed E-state index contributed by atoms with van der Waals surface area (Å²) in [5.41, 5.74) is 0. The molecular weight excluding hydrogens is 344 g/mol. The molecular formula is C21H42O4Si. The van der Waals surface area contributed by atoms with E-state index in [4.69, 9.17) is 13.9 Å². The van der Waals surface area contributed by atoms with E-state index in [-0.39, 0.29) is 35.9 Å². The number of hydrogen-bond donors (Lipinski definition) is 1. The molecule has 1 fully saturated rings. The Morgan fingerprint density at radius 2 is 1.69 bits per heavy atom. The molecule has 0 aromatic heterocycles. The van der Waals surface area contributed by atoms with Crippen LogP contribution in [-0.2, 0) is 13.9 Å². The van der Waals surface area contributed by atoms with Gasteiger partial charge in [-0.25, -0.2) is 0 Å². The molecule has 0 amide bonds. The average molecular weight is 387 g/mol. The zero-order valence-corrected chi connectivity index (χ0v) is 19.6. The molecule has 0 aromatic rings. The molecule has 0 spiro atoms. The maximum atomic E-state index is 9.29. The minimum absolute atomic E-state index is 0.0304. The fraction of sp³-hybridized carbons (Fsp3) is 0.905. The van der Waals surface area contributed by atoms with Crippen molar-refractivity contribution in [2.45, 2.75) is 104 Å². The van der Waals surface area contributed by atoms with Crippen molar-refractivity contribution < 1.29 is 19.0 Å². The predicted octanol–water partition coefficient (Wildman–Crippen LogP) is 5.13. The van der Waals surface area contributed by atoms with Gasteiger partial charge >= 0.3 is 0 Å². The van der Waals surface area contributed by atoms with Crippen LogP contribution in [0.1, 0.15) is 61.8 Å². The summed E-state index contributed by atoms with van der Waals surface area (Å²) < 4.78 is 18.5. The van der Waals surface area contributed by atoms with E-state index in [0.29, 0.717) is 12.3 Å². The third-order valence-electron chi connectivity index (χ3n) is 5.90. The molecule has 1 aliphatic rings. The normalized spacial score (nSPS) is 27.7. The standard InChI is InChI=1S/C21H42O4Si/c1-15(17(3)25-26(9,10)20(4,5)6)11-12-16(2)19-18(13-14-22)23-21(7,8)24-19/h11-12,15-19,22H,13-14H2,1-10H3/b12-11-/t15-,16?,17+,18+,19?/m1/s1. The van der Waals surface area contributed by atoms with Crippen molar-refractivity contribution in [3.8, 4) is 0 Å². The second-order valence-corrected chi connectivity index (χ2v) is 14.6. The molecule has 0 aliphatic carbocycles. The number of rotatable bonds is 8. The van der Waals surface area contributed by atoms with Gasteiger partial charge in [0.25, 0.3) is 0 Å². The number of aliphatic hydroxyl groups is 1. The molecule has 5 heteroatoms.